The summed E-state index contributed by atoms with van der Waals surface area (Å²) in [5, 5.41) is 0. The maximum absolute atomic E-state index is 11.6. The van der Waals surface area contributed by atoms with Gasteiger partial charge in [-0.25, -0.2) is 4.98 Å². The standard InChI is InChI=1S/C21H25N3O2/c1-15-9-10-16(2)20(13-15)26-12-11-24-19-8-6-5-7-18(19)22-21(24)14-23(4)17(3)25/h5-10,13H,11-12,14H2,1-4H3. The fraction of sp³-hybridized carbons (Fsp3) is 0.333. The fourth-order valence-electron chi connectivity index (χ4n) is 2.93. The van der Waals surface area contributed by atoms with Crippen LogP contribution < -0.4 is 4.74 Å². The van der Waals surface area contributed by atoms with Crippen LogP contribution >= 0.6 is 0 Å². The van der Waals surface area contributed by atoms with E-state index in [1.807, 2.05) is 18.2 Å². The molecule has 0 saturated heterocycles. The monoisotopic (exact) mass is 351 g/mol. The van der Waals surface area contributed by atoms with Gasteiger partial charge in [0, 0.05) is 14.0 Å². The lowest BCUT2D eigenvalue weighted by molar-refractivity contribution is -0.128. The van der Waals surface area contributed by atoms with Crippen LogP contribution in [0.2, 0.25) is 0 Å². The number of aromatic nitrogens is 2. The minimum atomic E-state index is 0.0234. The van der Waals surface area contributed by atoms with Gasteiger partial charge in [-0.15, -0.1) is 0 Å². The SMILES string of the molecule is CC(=O)N(C)Cc1nc2ccccc2n1CCOc1cc(C)ccc1C. The molecule has 0 spiro atoms. The number of rotatable bonds is 6. The van der Waals surface area contributed by atoms with Gasteiger partial charge < -0.3 is 14.2 Å². The van der Waals surface area contributed by atoms with Crippen LogP contribution in [-0.4, -0.2) is 34.0 Å². The van der Waals surface area contributed by atoms with Gasteiger partial charge in [-0.05, 0) is 43.2 Å². The lowest BCUT2D eigenvalue weighted by Gasteiger charge is -2.17. The summed E-state index contributed by atoms with van der Waals surface area (Å²) in [5.74, 6) is 1.81. The predicted octanol–water partition coefficient (Wildman–Crippen LogP) is 3.71. The molecule has 3 aromatic rings. The number of hydrogen-bond acceptors (Lipinski definition) is 3. The van der Waals surface area contributed by atoms with E-state index in [1.165, 1.54) is 5.56 Å². The van der Waals surface area contributed by atoms with Crippen molar-refractivity contribution in [3.63, 3.8) is 0 Å². The van der Waals surface area contributed by atoms with Crippen molar-refractivity contribution in [2.45, 2.75) is 33.9 Å². The number of benzene rings is 2. The lowest BCUT2D eigenvalue weighted by atomic mass is 10.1. The third-order valence-electron chi connectivity index (χ3n) is 4.57. The Kier molecular flexibility index (Phi) is 5.26. The van der Waals surface area contributed by atoms with Crippen molar-refractivity contribution >= 4 is 16.9 Å². The highest BCUT2D eigenvalue weighted by molar-refractivity contribution is 5.76. The van der Waals surface area contributed by atoms with E-state index in [-0.39, 0.29) is 5.91 Å². The van der Waals surface area contributed by atoms with Gasteiger partial charge in [-0.3, -0.25) is 4.79 Å². The van der Waals surface area contributed by atoms with E-state index in [4.69, 9.17) is 9.72 Å². The summed E-state index contributed by atoms with van der Waals surface area (Å²) in [6.45, 7) is 7.38. The molecular weight excluding hydrogens is 326 g/mol. The average Bonchev–Trinajstić information content (AvgIpc) is 2.95. The smallest absolute Gasteiger partial charge is 0.219 e. The van der Waals surface area contributed by atoms with Crippen LogP contribution in [-0.2, 0) is 17.9 Å². The number of hydrogen-bond donors (Lipinski definition) is 0. The quantitative estimate of drug-likeness (QED) is 0.680. The Bertz CT molecular complexity index is 930. The molecule has 1 heterocycles. The molecule has 1 aromatic heterocycles. The first-order chi connectivity index (χ1) is 12.5. The summed E-state index contributed by atoms with van der Waals surface area (Å²) in [4.78, 5) is 18.0. The lowest BCUT2D eigenvalue weighted by Crippen LogP contribution is -2.25. The van der Waals surface area contributed by atoms with E-state index in [1.54, 1.807) is 18.9 Å². The minimum Gasteiger partial charge on any atom is -0.491 e. The molecule has 0 atom stereocenters. The Morgan fingerprint density at radius 1 is 1.19 bits per heavy atom. The molecule has 0 unspecified atom stereocenters. The van der Waals surface area contributed by atoms with Gasteiger partial charge in [0.05, 0.1) is 24.1 Å². The summed E-state index contributed by atoms with van der Waals surface area (Å²) in [6.07, 6.45) is 0. The Balaban J connectivity index is 1.81. The molecule has 136 valence electrons. The Morgan fingerprint density at radius 2 is 1.96 bits per heavy atom. The van der Waals surface area contributed by atoms with Crippen LogP contribution in [0.5, 0.6) is 5.75 Å². The van der Waals surface area contributed by atoms with Gasteiger partial charge in [-0.1, -0.05) is 24.3 Å². The van der Waals surface area contributed by atoms with Crippen molar-refractivity contribution in [1.82, 2.24) is 14.5 Å². The van der Waals surface area contributed by atoms with Crippen molar-refractivity contribution < 1.29 is 9.53 Å². The second kappa shape index (κ2) is 7.60. The second-order valence-electron chi connectivity index (χ2n) is 6.66. The zero-order valence-electron chi connectivity index (χ0n) is 15.8. The van der Waals surface area contributed by atoms with E-state index >= 15 is 0 Å². The predicted molar refractivity (Wildman–Crippen MR) is 103 cm³/mol. The highest BCUT2D eigenvalue weighted by atomic mass is 16.5. The van der Waals surface area contributed by atoms with Crippen LogP contribution in [0.3, 0.4) is 0 Å². The van der Waals surface area contributed by atoms with Crippen molar-refractivity contribution in [3.05, 3.63) is 59.4 Å². The maximum atomic E-state index is 11.6. The van der Waals surface area contributed by atoms with Gasteiger partial charge in [0.25, 0.3) is 0 Å². The largest absolute Gasteiger partial charge is 0.491 e. The van der Waals surface area contributed by atoms with E-state index < -0.39 is 0 Å². The number of carbonyl (C=O) groups is 1. The fourth-order valence-corrected chi connectivity index (χ4v) is 2.93. The molecular formula is C21H25N3O2. The molecule has 2 aromatic carbocycles. The van der Waals surface area contributed by atoms with E-state index in [9.17, 15) is 4.79 Å². The number of carbonyl (C=O) groups excluding carboxylic acids is 1. The maximum Gasteiger partial charge on any atom is 0.219 e. The Labute approximate surface area is 154 Å². The normalized spacial score (nSPS) is 10.9. The zero-order valence-corrected chi connectivity index (χ0v) is 15.8. The van der Waals surface area contributed by atoms with Gasteiger partial charge in [0.15, 0.2) is 0 Å². The third-order valence-corrected chi connectivity index (χ3v) is 4.57. The average molecular weight is 351 g/mol. The molecule has 0 bridgehead atoms. The molecule has 26 heavy (non-hydrogen) atoms. The molecule has 0 aliphatic carbocycles. The number of aryl methyl sites for hydroxylation is 2. The molecule has 0 saturated carbocycles. The summed E-state index contributed by atoms with van der Waals surface area (Å²) in [7, 11) is 1.79. The van der Waals surface area contributed by atoms with Crippen molar-refractivity contribution in [2.24, 2.45) is 0 Å². The molecule has 5 heteroatoms. The first kappa shape index (κ1) is 18.0. The summed E-state index contributed by atoms with van der Waals surface area (Å²) >= 11 is 0. The van der Waals surface area contributed by atoms with Gasteiger partial charge in [-0.2, -0.15) is 0 Å². The number of nitrogens with zero attached hydrogens (tertiary/aromatic N) is 3. The van der Waals surface area contributed by atoms with E-state index in [0.717, 1.165) is 28.2 Å². The molecule has 0 aliphatic heterocycles. The Morgan fingerprint density at radius 3 is 2.73 bits per heavy atom. The molecule has 1 amide bonds. The van der Waals surface area contributed by atoms with Crippen LogP contribution in [0.4, 0.5) is 0 Å². The topological polar surface area (TPSA) is 47.4 Å². The molecule has 0 N–H and O–H groups in total. The van der Waals surface area contributed by atoms with Crippen LogP contribution in [0.15, 0.2) is 42.5 Å². The zero-order chi connectivity index (χ0) is 18.7. The minimum absolute atomic E-state index is 0.0234. The number of imidazole rings is 1. The van der Waals surface area contributed by atoms with Crippen LogP contribution in [0, 0.1) is 13.8 Å². The van der Waals surface area contributed by atoms with Gasteiger partial charge in [0.1, 0.15) is 18.2 Å². The Hall–Kier alpha value is -2.82. The number of amides is 1. The molecule has 0 radical (unpaired) electrons. The van der Waals surface area contributed by atoms with Gasteiger partial charge >= 0.3 is 0 Å². The highest BCUT2D eigenvalue weighted by Crippen LogP contribution is 2.20. The highest BCUT2D eigenvalue weighted by Gasteiger charge is 2.14. The molecule has 5 nitrogen and oxygen atoms in total. The van der Waals surface area contributed by atoms with Crippen molar-refractivity contribution in [3.8, 4) is 5.75 Å². The van der Waals surface area contributed by atoms with Crippen molar-refractivity contribution in [1.29, 1.82) is 0 Å². The number of ether oxygens (including phenoxy) is 1. The summed E-state index contributed by atoms with van der Waals surface area (Å²) in [6, 6.07) is 14.2. The van der Waals surface area contributed by atoms with E-state index in [0.29, 0.717) is 19.7 Å². The first-order valence-electron chi connectivity index (χ1n) is 8.81. The van der Waals surface area contributed by atoms with Crippen molar-refractivity contribution in [2.75, 3.05) is 13.7 Å². The van der Waals surface area contributed by atoms with Crippen LogP contribution in [0.25, 0.3) is 11.0 Å². The summed E-state index contributed by atoms with van der Waals surface area (Å²) in [5.41, 5.74) is 4.31. The van der Waals surface area contributed by atoms with Crippen LogP contribution in [0.1, 0.15) is 23.9 Å². The number of fused-ring (bicyclic) bond motifs is 1. The first-order valence-corrected chi connectivity index (χ1v) is 8.81. The molecule has 0 aliphatic rings. The van der Waals surface area contributed by atoms with Gasteiger partial charge in [0.2, 0.25) is 5.91 Å². The summed E-state index contributed by atoms with van der Waals surface area (Å²) < 4.78 is 8.16. The molecule has 0 fully saturated rings. The van der Waals surface area contributed by atoms with E-state index in [2.05, 4.69) is 42.7 Å². The number of para-hydroxylation sites is 2. The second-order valence-corrected chi connectivity index (χ2v) is 6.66. The molecule has 3 rings (SSSR count). The third kappa shape index (κ3) is 3.87.